The topological polar surface area (TPSA) is 66.8 Å². The van der Waals surface area contributed by atoms with Crippen molar-refractivity contribution >= 4 is 24.5 Å². The van der Waals surface area contributed by atoms with Gasteiger partial charge in [-0.1, -0.05) is 0 Å². The lowest BCUT2D eigenvalue weighted by Gasteiger charge is -2.20. The average molecular weight is 219 g/mol. The minimum atomic E-state index is -1.03. The Hall–Kier alpha value is -0.750. The summed E-state index contributed by atoms with van der Waals surface area (Å²) in [6.07, 6.45) is -0.209. The van der Waals surface area contributed by atoms with Gasteiger partial charge < -0.3 is 14.7 Å². The Labute approximate surface area is 87.4 Å². The van der Waals surface area contributed by atoms with Crippen molar-refractivity contribution < 1.29 is 19.4 Å². The van der Waals surface area contributed by atoms with E-state index in [2.05, 4.69) is 12.6 Å². The molecular formula is C8H13NO4S. The van der Waals surface area contributed by atoms with Crippen molar-refractivity contribution in [3.63, 3.8) is 0 Å². The number of rotatable bonds is 3. The SMILES string of the molecule is CC1OCN(C(=O)CCS)[C@@H]1C(=O)O. The summed E-state index contributed by atoms with van der Waals surface area (Å²) in [7, 11) is 0. The predicted octanol–water partition coefficient (Wildman–Crippen LogP) is -0.0357. The number of nitrogens with zero attached hydrogens (tertiary/aromatic N) is 1. The van der Waals surface area contributed by atoms with Crippen molar-refractivity contribution in [2.75, 3.05) is 12.5 Å². The molecule has 0 bridgehead atoms. The molecule has 80 valence electrons. The maximum absolute atomic E-state index is 11.4. The van der Waals surface area contributed by atoms with E-state index in [-0.39, 0.29) is 19.1 Å². The van der Waals surface area contributed by atoms with E-state index in [0.29, 0.717) is 5.75 Å². The Morgan fingerprint density at radius 2 is 2.29 bits per heavy atom. The van der Waals surface area contributed by atoms with Crippen LogP contribution in [0.1, 0.15) is 13.3 Å². The number of hydrogen-bond donors (Lipinski definition) is 2. The lowest BCUT2D eigenvalue weighted by molar-refractivity contribution is -0.148. The van der Waals surface area contributed by atoms with Gasteiger partial charge in [-0.25, -0.2) is 4.79 Å². The number of carbonyl (C=O) groups is 2. The summed E-state index contributed by atoms with van der Waals surface area (Å²) < 4.78 is 5.11. The van der Waals surface area contributed by atoms with Crippen molar-refractivity contribution in [2.45, 2.75) is 25.5 Å². The van der Waals surface area contributed by atoms with Gasteiger partial charge in [-0.3, -0.25) is 4.79 Å². The van der Waals surface area contributed by atoms with Crippen LogP contribution in [0.4, 0.5) is 0 Å². The third-order valence-electron chi connectivity index (χ3n) is 2.16. The molecule has 1 unspecified atom stereocenters. The summed E-state index contributed by atoms with van der Waals surface area (Å²) in [6.45, 7) is 1.71. The molecule has 1 N–H and O–H groups in total. The number of ether oxygens (including phenoxy) is 1. The van der Waals surface area contributed by atoms with Crippen LogP contribution in [-0.2, 0) is 14.3 Å². The van der Waals surface area contributed by atoms with Gasteiger partial charge in [-0.2, -0.15) is 12.6 Å². The van der Waals surface area contributed by atoms with Crippen LogP contribution in [-0.4, -0.2) is 46.5 Å². The molecular weight excluding hydrogens is 206 g/mol. The van der Waals surface area contributed by atoms with Crippen molar-refractivity contribution in [2.24, 2.45) is 0 Å². The molecule has 1 aliphatic heterocycles. The van der Waals surface area contributed by atoms with Crippen LogP contribution in [0.15, 0.2) is 0 Å². The van der Waals surface area contributed by atoms with Gasteiger partial charge >= 0.3 is 5.97 Å². The number of carboxylic acid groups (broad SMARTS) is 1. The molecule has 0 aromatic heterocycles. The third kappa shape index (κ3) is 2.19. The maximum atomic E-state index is 11.4. The molecule has 1 rings (SSSR count). The standard InChI is InChI=1S/C8H13NO4S/c1-5-7(8(11)12)9(4-13-5)6(10)2-3-14/h5,7,14H,2-4H2,1H3,(H,11,12)/t5?,7-/m0/s1. The Bertz CT molecular complexity index is 245. The molecule has 0 saturated carbocycles. The second-order valence-electron chi connectivity index (χ2n) is 3.12. The highest BCUT2D eigenvalue weighted by Gasteiger charge is 2.40. The lowest BCUT2D eigenvalue weighted by atomic mass is 10.1. The van der Waals surface area contributed by atoms with E-state index in [1.54, 1.807) is 6.92 Å². The summed E-state index contributed by atoms with van der Waals surface area (Å²) in [4.78, 5) is 23.5. The zero-order valence-electron chi connectivity index (χ0n) is 7.84. The van der Waals surface area contributed by atoms with Gasteiger partial charge in [-0.15, -0.1) is 0 Å². The van der Waals surface area contributed by atoms with Gasteiger partial charge in [0.25, 0.3) is 0 Å². The fraction of sp³-hybridized carbons (Fsp3) is 0.750. The highest BCUT2D eigenvalue weighted by molar-refractivity contribution is 7.80. The molecule has 0 aromatic carbocycles. The fourth-order valence-corrected chi connectivity index (χ4v) is 1.61. The molecule has 1 fully saturated rings. The van der Waals surface area contributed by atoms with Gasteiger partial charge in [-0.05, 0) is 12.7 Å². The van der Waals surface area contributed by atoms with Crippen LogP contribution < -0.4 is 0 Å². The summed E-state index contributed by atoms with van der Waals surface area (Å²) in [5, 5.41) is 8.88. The van der Waals surface area contributed by atoms with E-state index >= 15 is 0 Å². The minimum Gasteiger partial charge on any atom is -0.480 e. The number of thiol groups is 1. The van der Waals surface area contributed by atoms with Crippen LogP contribution in [0.2, 0.25) is 0 Å². The van der Waals surface area contributed by atoms with Gasteiger partial charge in [0.1, 0.15) is 6.73 Å². The minimum absolute atomic E-state index is 0.0603. The lowest BCUT2D eigenvalue weighted by Crippen LogP contribution is -2.44. The van der Waals surface area contributed by atoms with E-state index in [0.717, 1.165) is 0 Å². The van der Waals surface area contributed by atoms with Gasteiger partial charge in [0.05, 0.1) is 6.10 Å². The van der Waals surface area contributed by atoms with E-state index in [9.17, 15) is 9.59 Å². The first-order valence-electron chi connectivity index (χ1n) is 4.32. The monoisotopic (exact) mass is 219 g/mol. The first kappa shape index (κ1) is 11.3. The van der Waals surface area contributed by atoms with Gasteiger partial charge in [0, 0.05) is 6.42 Å². The highest BCUT2D eigenvalue weighted by atomic mass is 32.1. The first-order chi connectivity index (χ1) is 6.57. The summed E-state index contributed by atoms with van der Waals surface area (Å²) in [6, 6.07) is -0.859. The molecule has 0 spiro atoms. The zero-order chi connectivity index (χ0) is 10.7. The van der Waals surface area contributed by atoms with Crippen molar-refractivity contribution in [3.8, 4) is 0 Å². The van der Waals surface area contributed by atoms with Crippen molar-refractivity contribution in [1.82, 2.24) is 4.90 Å². The van der Waals surface area contributed by atoms with E-state index in [4.69, 9.17) is 9.84 Å². The second kappa shape index (κ2) is 4.65. The normalized spacial score (nSPS) is 26.6. The number of hydrogen-bond acceptors (Lipinski definition) is 4. The zero-order valence-corrected chi connectivity index (χ0v) is 8.74. The van der Waals surface area contributed by atoms with Gasteiger partial charge in [0.15, 0.2) is 6.04 Å². The summed E-state index contributed by atoms with van der Waals surface area (Å²) in [5.41, 5.74) is 0. The molecule has 5 nitrogen and oxygen atoms in total. The largest absolute Gasteiger partial charge is 0.480 e. The molecule has 1 heterocycles. The van der Waals surface area contributed by atoms with Crippen LogP contribution in [0.3, 0.4) is 0 Å². The molecule has 2 atom stereocenters. The Kier molecular flexibility index (Phi) is 3.77. The van der Waals surface area contributed by atoms with Crippen molar-refractivity contribution in [3.05, 3.63) is 0 Å². The molecule has 14 heavy (non-hydrogen) atoms. The van der Waals surface area contributed by atoms with Crippen LogP contribution in [0, 0.1) is 0 Å². The van der Waals surface area contributed by atoms with E-state index in [1.807, 2.05) is 0 Å². The van der Waals surface area contributed by atoms with Gasteiger partial charge in [0.2, 0.25) is 5.91 Å². The Morgan fingerprint density at radius 3 is 2.79 bits per heavy atom. The number of aliphatic carboxylic acids is 1. The number of amides is 1. The summed E-state index contributed by atoms with van der Waals surface area (Å²) >= 11 is 3.92. The molecule has 1 saturated heterocycles. The predicted molar refractivity (Wildman–Crippen MR) is 52.2 cm³/mol. The molecule has 0 aliphatic carbocycles. The molecule has 1 amide bonds. The smallest absolute Gasteiger partial charge is 0.329 e. The molecule has 0 radical (unpaired) electrons. The van der Waals surface area contributed by atoms with Crippen LogP contribution in [0.5, 0.6) is 0 Å². The fourth-order valence-electron chi connectivity index (χ4n) is 1.42. The van der Waals surface area contributed by atoms with Crippen LogP contribution in [0.25, 0.3) is 0 Å². The Balaban J connectivity index is 2.69. The van der Waals surface area contributed by atoms with Crippen molar-refractivity contribution in [1.29, 1.82) is 0 Å². The molecule has 6 heteroatoms. The van der Waals surface area contributed by atoms with Crippen LogP contribution >= 0.6 is 12.6 Å². The quantitative estimate of drug-likeness (QED) is 0.654. The summed E-state index contributed by atoms with van der Waals surface area (Å²) in [5.74, 6) is -0.838. The number of carboxylic acids is 1. The average Bonchev–Trinajstić information content (AvgIpc) is 2.47. The number of carbonyl (C=O) groups excluding carboxylic acids is 1. The highest BCUT2D eigenvalue weighted by Crippen LogP contribution is 2.18. The molecule has 0 aromatic rings. The molecule has 1 aliphatic rings. The third-order valence-corrected chi connectivity index (χ3v) is 2.38. The Morgan fingerprint density at radius 1 is 1.64 bits per heavy atom. The maximum Gasteiger partial charge on any atom is 0.329 e. The van der Waals surface area contributed by atoms with E-state index < -0.39 is 18.1 Å². The van der Waals surface area contributed by atoms with E-state index in [1.165, 1.54) is 4.90 Å². The second-order valence-corrected chi connectivity index (χ2v) is 3.57. The first-order valence-corrected chi connectivity index (χ1v) is 4.96.